The first-order valence-corrected chi connectivity index (χ1v) is 6.15. The molecule has 1 heterocycles. The van der Waals surface area contributed by atoms with Gasteiger partial charge in [0.1, 0.15) is 5.69 Å². The number of nitrogens with two attached hydrogens (primary N) is 1. The van der Waals surface area contributed by atoms with Crippen molar-refractivity contribution < 1.29 is 0 Å². The van der Waals surface area contributed by atoms with E-state index in [-0.39, 0.29) is 0 Å². The molecule has 19 heavy (non-hydrogen) atoms. The van der Waals surface area contributed by atoms with Gasteiger partial charge in [0.15, 0.2) is 5.82 Å². The molecule has 0 saturated heterocycles. The standard InChI is InChI=1S/C14H11ClN4/c15-10-6-7-11-12(8-10)17-13(14(18-11)19-16)9-4-2-1-3-5-9/h1-8H,16H2,(H,18,19). The molecule has 0 aliphatic rings. The van der Waals surface area contributed by atoms with Crippen LogP contribution in [0.2, 0.25) is 5.02 Å². The Morgan fingerprint density at radius 3 is 2.47 bits per heavy atom. The zero-order chi connectivity index (χ0) is 13.2. The van der Waals surface area contributed by atoms with Gasteiger partial charge in [-0.15, -0.1) is 0 Å². The normalized spacial score (nSPS) is 10.6. The van der Waals surface area contributed by atoms with Crippen LogP contribution in [0.1, 0.15) is 0 Å². The molecule has 3 rings (SSSR count). The molecular formula is C14H11ClN4. The number of nitrogens with one attached hydrogen (secondary N) is 1. The number of hydrogen-bond donors (Lipinski definition) is 2. The minimum absolute atomic E-state index is 0.543. The van der Waals surface area contributed by atoms with E-state index in [2.05, 4.69) is 15.4 Å². The van der Waals surface area contributed by atoms with Crippen LogP contribution in [0.15, 0.2) is 48.5 Å². The Labute approximate surface area is 115 Å². The summed E-state index contributed by atoms with van der Waals surface area (Å²) in [6.07, 6.45) is 0. The number of nitrogen functional groups attached to an aromatic ring is 1. The molecule has 5 heteroatoms. The molecule has 0 fully saturated rings. The topological polar surface area (TPSA) is 63.8 Å². The van der Waals surface area contributed by atoms with Crippen LogP contribution in [-0.4, -0.2) is 9.97 Å². The van der Waals surface area contributed by atoms with Crippen molar-refractivity contribution in [3.05, 3.63) is 53.6 Å². The Kier molecular flexibility index (Phi) is 3.03. The third-order valence-electron chi connectivity index (χ3n) is 2.81. The molecular weight excluding hydrogens is 260 g/mol. The number of hydrogen-bond acceptors (Lipinski definition) is 4. The van der Waals surface area contributed by atoms with Crippen LogP contribution in [0, 0.1) is 0 Å². The van der Waals surface area contributed by atoms with E-state index in [1.165, 1.54) is 0 Å². The van der Waals surface area contributed by atoms with Crippen LogP contribution in [0.5, 0.6) is 0 Å². The van der Waals surface area contributed by atoms with E-state index < -0.39 is 0 Å². The molecule has 0 spiro atoms. The van der Waals surface area contributed by atoms with Crippen LogP contribution in [0.3, 0.4) is 0 Å². The number of benzene rings is 2. The molecule has 3 aromatic rings. The lowest BCUT2D eigenvalue weighted by molar-refractivity contribution is 1.22. The second kappa shape index (κ2) is 4.84. The summed E-state index contributed by atoms with van der Waals surface area (Å²) in [6, 6.07) is 15.1. The van der Waals surface area contributed by atoms with Gasteiger partial charge in [-0.25, -0.2) is 15.8 Å². The monoisotopic (exact) mass is 270 g/mol. The summed E-state index contributed by atoms with van der Waals surface area (Å²) in [5.41, 5.74) is 5.74. The fourth-order valence-electron chi connectivity index (χ4n) is 1.93. The molecule has 0 unspecified atom stereocenters. The zero-order valence-electron chi connectivity index (χ0n) is 9.97. The number of rotatable bonds is 2. The van der Waals surface area contributed by atoms with Crippen molar-refractivity contribution in [3.8, 4) is 11.3 Å². The van der Waals surface area contributed by atoms with Gasteiger partial charge in [-0.05, 0) is 18.2 Å². The van der Waals surface area contributed by atoms with Gasteiger partial charge in [-0.3, -0.25) is 0 Å². The van der Waals surface area contributed by atoms with Gasteiger partial charge < -0.3 is 5.43 Å². The molecule has 2 aromatic carbocycles. The minimum Gasteiger partial charge on any atom is -0.307 e. The lowest BCUT2D eigenvalue weighted by Gasteiger charge is -2.09. The van der Waals surface area contributed by atoms with Gasteiger partial charge in [0, 0.05) is 10.6 Å². The summed E-state index contributed by atoms with van der Waals surface area (Å²) in [4.78, 5) is 9.04. The molecule has 0 aliphatic carbocycles. The molecule has 0 radical (unpaired) electrons. The van der Waals surface area contributed by atoms with E-state index in [1.54, 1.807) is 12.1 Å². The number of anilines is 1. The lowest BCUT2D eigenvalue weighted by Crippen LogP contribution is -2.11. The van der Waals surface area contributed by atoms with Crippen molar-refractivity contribution in [1.82, 2.24) is 9.97 Å². The molecule has 0 bridgehead atoms. The van der Waals surface area contributed by atoms with E-state index in [1.807, 2.05) is 36.4 Å². The molecule has 0 aliphatic heterocycles. The minimum atomic E-state index is 0.543. The molecule has 1 aromatic heterocycles. The Morgan fingerprint density at radius 1 is 0.947 bits per heavy atom. The van der Waals surface area contributed by atoms with Crippen LogP contribution in [-0.2, 0) is 0 Å². The highest BCUT2D eigenvalue weighted by Crippen LogP contribution is 2.27. The summed E-state index contributed by atoms with van der Waals surface area (Å²) in [7, 11) is 0. The van der Waals surface area contributed by atoms with Crippen LogP contribution >= 0.6 is 11.6 Å². The maximum absolute atomic E-state index is 5.98. The van der Waals surface area contributed by atoms with Gasteiger partial charge in [0.05, 0.1) is 11.0 Å². The van der Waals surface area contributed by atoms with Crippen molar-refractivity contribution >= 4 is 28.5 Å². The van der Waals surface area contributed by atoms with Crippen molar-refractivity contribution in [2.24, 2.45) is 5.84 Å². The summed E-state index contributed by atoms with van der Waals surface area (Å²) in [5.74, 6) is 6.07. The highest BCUT2D eigenvalue weighted by molar-refractivity contribution is 6.31. The first kappa shape index (κ1) is 11.9. The zero-order valence-corrected chi connectivity index (χ0v) is 10.7. The van der Waals surface area contributed by atoms with Crippen LogP contribution in [0.4, 0.5) is 5.82 Å². The van der Waals surface area contributed by atoms with Crippen molar-refractivity contribution in [2.75, 3.05) is 5.43 Å². The Hall–Kier alpha value is -2.17. The lowest BCUT2D eigenvalue weighted by atomic mass is 10.1. The second-order valence-corrected chi connectivity index (χ2v) is 4.50. The summed E-state index contributed by atoms with van der Waals surface area (Å²) in [5, 5.41) is 0.634. The largest absolute Gasteiger partial charge is 0.307 e. The van der Waals surface area contributed by atoms with E-state index in [0.717, 1.165) is 16.6 Å². The molecule has 4 nitrogen and oxygen atoms in total. The Bertz CT molecular complexity index is 728. The predicted octanol–water partition coefficient (Wildman–Crippen LogP) is 3.24. The van der Waals surface area contributed by atoms with Crippen molar-refractivity contribution in [2.45, 2.75) is 0 Å². The van der Waals surface area contributed by atoms with Crippen molar-refractivity contribution in [1.29, 1.82) is 0 Å². The second-order valence-electron chi connectivity index (χ2n) is 4.06. The number of nitrogens with zero attached hydrogens (tertiary/aromatic N) is 2. The third kappa shape index (κ3) is 2.23. The van der Waals surface area contributed by atoms with Gasteiger partial charge in [-0.2, -0.15) is 0 Å². The van der Waals surface area contributed by atoms with E-state index in [9.17, 15) is 0 Å². The smallest absolute Gasteiger partial charge is 0.167 e. The van der Waals surface area contributed by atoms with Gasteiger partial charge in [0.25, 0.3) is 0 Å². The summed E-state index contributed by atoms with van der Waals surface area (Å²) in [6.45, 7) is 0. The molecule has 94 valence electrons. The first-order valence-electron chi connectivity index (χ1n) is 5.77. The molecule has 0 amide bonds. The highest BCUT2D eigenvalue weighted by atomic mass is 35.5. The average molecular weight is 271 g/mol. The maximum atomic E-state index is 5.98. The fourth-order valence-corrected chi connectivity index (χ4v) is 2.09. The fraction of sp³-hybridized carbons (Fsp3) is 0. The summed E-state index contributed by atoms with van der Waals surface area (Å²) >= 11 is 5.98. The summed E-state index contributed by atoms with van der Waals surface area (Å²) < 4.78 is 0. The Balaban J connectivity index is 2.28. The first-order chi connectivity index (χ1) is 9.28. The predicted molar refractivity (Wildman–Crippen MR) is 77.8 cm³/mol. The van der Waals surface area contributed by atoms with Gasteiger partial charge in [-0.1, -0.05) is 41.9 Å². The van der Waals surface area contributed by atoms with Crippen LogP contribution in [0.25, 0.3) is 22.3 Å². The number of fused-ring (bicyclic) bond motifs is 1. The molecule has 0 atom stereocenters. The maximum Gasteiger partial charge on any atom is 0.167 e. The molecule has 3 N–H and O–H groups in total. The third-order valence-corrected chi connectivity index (χ3v) is 3.05. The molecule has 0 saturated carbocycles. The number of hydrazine groups is 1. The van der Waals surface area contributed by atoms with Crippen LogP contribution < -0.4 is 11.3 Å². The highest BCUT2D eigenvalue weighted by Gasteiger charge is 2.10. The van der Waals surface area contributed by atoms with Gasteiger partial charge in [0.2, 0.25) is 0 Å². The number of aromatic nitrogens is 2. The SMILES string of the molecule is NNc1nc2ccc(Cl)cc2nc1-c1ccccc1. The Morgan fingerprint density at radius 2 is 1.74 bits per heavy atom. The average Bonchev–Trinajstić information content (AvgIpc) is 2.46. The van der Waals surface area contributed by atoms with E-state index in [4.69, 9.17) is 17.4 Å². The van der Waals surface area contributed by atoms with Gasteiger partial charge >= 0.3 is 0 Å². The number of halogens is 1. The van der Waals surface area contributed by atoms with E-state index in [0.29, 0.717) is 16.5 Å². The quantitative estimate of drug-likeness (QED) is 0.554. The van der Waals surface area contributed by atoms with E-state index >= 15 is 0 Å². The van der Waals surface area contributed by atoms with Crippen molar-refractivity contribution in [3.63, 3.8) is 0 Å².